The van der Waals surface area contributed by atoms with Crippen LogP contribution in [0.5, 0.6) is 0 Å². The molecule has 120 valence electrons. The standard InChI is InChI=1S/C16H28N2O2S/c1-5-7-8-13(3)18-21(19,20)16-11-9-15(10-12-16)14(4)17-6-2/h9-14,17-18H,5-8H2,1-4H3. The lowest BCUT2D eigenvalue weighted by atomic mass is 10.1. The van der Waals surface area contributed by atoms with Gasteiger partial charge in [-0.2, -0.15) is 0 Å². The Balaban J connectivity index is 2.75. The minimum atomic E-state index is -3.42. The maximum absolute atomic E-state index is 12.3. The van der Waals surface area contributed by atoms with Crippen molar-refractivity contribution in [1.82, 2.24) is 10.0 Å². The molecule has 0 saturated carbocycles. The zero-order valence-corrected chi connectivity index (χ0v) is 14.3. The summed E-state index contributed by atoms with van der Waals surface area (Å²) in [5.74, 6) is 0. The third-order valence-corrected chi connectivity index (χ3v) is 5.15. The average molecular weight is 312 g/mol. The van der Waals surface area contributed by atoms with Gasteiger partial charge in [-0.3, -0.25) is 0 Å². The van der Waals surface area contributed by atoms with Gasteiger partial charge in [0.05, 0.1) is 4.90 Å². The average Bonchev–Trinajstić information content (AvgIpc) is 2.45. The summed E-state index contributed by atoms with van der Waals surface area (Å²) in [4.78, 5) is 0.332. The molecule has 4 nitrogen and oxygen atoms in total. The van der Waals surface area contributed by atoms with E-state index in [0.29, 0.717) is 4.90 Å². The molecule has 5 heteroatoms. The van der Waals surface area contributed by atoms with Crippen LogP contribution in [-0.2, 0) is 10.0 Å². The molecule has 0 aliphatic rings. The number of sulfonamides is 1. The van der Waals surface area contributed by atoms with E-state index >= 15 is 0 Å². The quantitative estimate of drug-likeness (QED) is 0.736. The predicted octanol–water partition coefficient (Wildman–Crippen LogP) is 3.21. The molecular weight excluding hydrogens is 284 g/mol. The number of rotatable bonds is 9. The second kappa shape index (κ2) is 8.51. The molecule has 1 aromatic carbocycles. The third-order valence-electron chi connectivity index (χ3n) is 3.55. The van der Waals surface area contributed by atoms with Crippen molar-refractivity contribution < 1.29 is 8.42 Å². The molecule has 0 saturated heterocycles. The molecule has 0 fully saturated rings. The summed E-state index contributed by atoms with van der Waals surface area (Å²) in [6.45, 7) is 9.02. The van der Waals surface area contributed by atoms with Crippen LogP contribution >= 0.6 is 0 Å². The Kier molecular flexibility index (Phi) is 7.35. The SMILES string of the molecule is CCCCC(C)NS(=O)(=O)c1ccc(C(C)NCC)cc1. The summed E-state index contributed by atoms with van der Waals surface area (Å²) in [6.07, 6.45) is 2.97. The van der Waals surface area contributed by atoms with Gasteiger partial charge in [-0.05, 0) is 44.5 Å². The first-order chi connectivity index (χ1) is 9.90. The normalized spacial score (nSPS) is 14.9. The highest BCUT2D eigenvalue weighted by Gasteiger charge is 2.17. The van der Waals surface area contributed by atoms with Gasteiger partial charge in [-0.1, -0.05) is 38.8 Å². The third kappa shape index (κ3) is 5.77. The van der Waals surface area contributed by atoms with Crippen LogP contribution in [0, 0.1) is 0 Å². The second-order valence-corrected chi connectivity index (χ2v) is 7.23. The Morgan fingerprint density at radius 3 is 2.24 bits per heavy atom. The first-order valence-electron chi connectivity index (χ1n) is 7.76. The zero-order chi connectivity index (χ0) is 15.9. The highest BCUT2D eigenvalue weighted by atomic mass is 32.2. The molecule has 0 aliphatic carbocycles. The van der Waals surface area contributed by atoms with Crippen molar-refractivity contribution in [2.45, 2.75) is 63.9 Å². The lowest BCUT2D eigenvalue weighted by Gasteiger charge is -2.15. The van der Waals surface area contributed by atoms with Crippen molar-refractivity contribution in [2.75, 3.05) is 6.54 Å². The highest BCUT2D eigenvalue weighted by molar-refractivity contribution is 7.89. The second-order valence-electron chi connectivity index (χ2n) is 5.51. The number of unbranched alkanes of at least 4 members (excludes halogenated alkanes) is 1. The summed E-state index contributed by atoms with van der Waals surface area (Å²) in [7, 11) is -3.42. The fraction of sp³-hybridized carbons (Fsp3) is 0.625. The molecule has 2 N–H and O–H groups in total. The number of benzene rings is 1. The number of hydrogen-bond acceptors (Lipinski definition) is 3. The summed E-state index contributed by atoms with van der Waals surface area (Å²) < 4.78 is 27.3. The fourth-order valence-corrected chi connectivity index (χ4v) is 3.54. The lowest BCUT2D eigenvalue weighted by molar-refractivity contribution is 0.534. The van der Waals surface area contributed by atoms with Crippen molar-refractivity contribution in [3.8, 4) is 0 Å². The predicted molar refractivity (Wildman–Crippen MR) is 87.8 cm³/mol. The van der Waals surface area contributed by atoms with Gasteiger partial charge >= 0.3 is 0 Å². The van der Waals surface area contributed by atoms with Gasteiger partial charge in [0.1, 0.15) is 0 Å². The van der Waals surface area contributed by atoms with Gasteiger partial charge in [-0.15, -0.1) is 0 Å². The van der Waals surface area contributed by atoms with Crippen LogP contribution in [0.2, 0.25) is 0 Å². The highest BCUT2D eigenvalue weighted by Crippen LogP contribution is 2.16. The molecular formula is C16H28N2O2S. The maximum Gasteiger partial charge on any atom is 0.240 e. The van der Waals surface area contributed by atoms with Crippen LogP contribution in [0.25, 0.3) is 0 Å². The summed E-state index contributed by atoms with van der Waals surface area (Å²) in [5, 5.41) is 3.31. The topological polar surface area (TPSA) is 58.2 Å². The molecule has 1 aromatic rings. The smallest absolute Gasteiger partial charge is 0.240 e. The summed E-state index contributed by atoms with van der Waals surface area (Å²) in [6, 6.07) is 7.30. The molecule has 0 aromatic heterocycles. The van der Waals surface area contributed by atoms with Crippen LogP contribution in [0.3, 0.4) is 0 Å². The lowest BCUT2D eigenvalue weighted by Crippen LogP contribution is -2.32. The molecule has 1 rings (SSSR count). The van der Waals surface area contributed by atoms with Crippen molar-refractivity contribution in [2.24, 2.45) is 0 Å². The molecule has 0 spiro atoms. The first-order valence-corrected chi connectivity index (χ1v) is 9.24. The van der Waals surface area contributed by atoms with E-state index < -0.39 is 10.0 Å². The van der Waals surface area contributed by atoms with Crippen LogP contribution in [0.1, 0.15) is 58.6 Å². The fourth-order valence-electron chi connectivity index (χ4n) is 2.26. The molecule has 2 atom stereocenters. The Morgan fingerprint density at radius 1 is 1.10 bits per heavy atom. The molecule has 0 amide bonds. The van der Waals surface area contributed by atoms with Crippen molar-refractivity contribution in [3.05, 3.63) is 29.8 Å². The largest absolute Gasteiger partial charge is 0.310 e. The van der Waals surface area contributed by atoms with E-state index in [1.54, 1.807) is 12.1 Å². The molecule has 0 radical (unpaired) electrons. The minimum absolute atomic E-state index is 0.0321. The van der Waals surface area contributed by atoms with Crippen molar-refractivity contribution in [3.63, 3.8) is 0 Å². The van der Waals surface area contributed by atoms with Crippen LogP contribution < -0.4 is 10.0 Å². The molecule has 0 heterocycles. The first kappa shape index (κ1) is 18.1. The van der Waals surface area contributed by atoms with Gasteiger partial charge in [0.2, 0.25) is 10.0 Å². The zero-order valence-electron chi connectivity index (χ0n) is 13.5. The Hall–Kier alpha value is -0.910. The summed E-state index contributed by atoms with van der Waals surface area (Å²) >= 11 is 0. The Labute approximate surface area is 129 Å². The molecule has 0 bridgehead atoms. The number of hydrogen-bond donors (Lipinski definition) is 2. The van der Waals surface area contributed by atoms with Crippen LogP contribution in [-0.4, -0.2) is 21.0 Å². The molecule has 2 unspecified atom stereocenters. The van der Waals surface area contributed by atoms with Gasteiger partial charge < -0.3 is 5.32 Å². The van der Waals surface area contributed by atoms with E-state index in [4.69, 9.17) is 0 Å². The van der Waals surface area contributed by atoms with E-state index in [1.807, 2.05) is 19.1 Å². The van der Waals surface area contributed by atoms with E-state index in [9.17, 15) is 8.42 Å². The Morgan fingerprint density at radius 2 is 1.71 bits per heavy atom. The Bertz CT molecular complexity index is 512. The van der Waals surface area contributed by atoms with E-state index in [2.05, 4.69) is 30.8 Å². The molecule has 21 heavy (non-hydrogen) atoms. The van der Waals surface area contributed by atoms with Crippen LogP contribution in [0.4, 0.5) is 0 Å². The van der Waals surface area contributed by atoms with Crippen molar-refractivity contribution in [1.29, 1.82) is 0 Å². The monoisotopic (exact) mass is 312 g/mol. The summed E-state index contributed by atoms with van der Waals surface area (Å²) in [5.41, 5.74) is 1.09. The van der Waals surface area contributed by atoms with Gasteiger partial charge in [0.25, 0.3) is 0 Å². The van der Waals surface area contributed by atoms with E-state index in [1.165, 1.54) is 0 Å². The number of nitrogens with one attached hydrogen (secondary N) is 2. The van der Waals surface area contributed by atoms with Gasteiger partial charge in [0.15, 0.2) is 0 Å². The molecule has 0 aliphatic heterocycles. The van der Waals surface area contributed by atoms with Gasteiger partial charge in [-0.25, -0.2) is 13.1 Å². The van der Waals surface area contributed by atoms with E-state index in [0.717, 1.165) is 31.4 Å². The minimum Gasteiger partial charge on any atom is -0.310 e. The van der Waals surface area contributed by atoms with Gasteiger partial charge in [0, 0.05) is 12.1 Å². The van der Waals surface area contributed by atoms with Crippen molar-refractivity contribution >= 4 is 10.0 Å². The van der Waals surface area contributed by atoms with E-state index in [-0.39, 0.29) is 12.1 Å². The maximum atomic E-state index is 12.3. The van der Waals surface area contributed by atoms with Crippen LogP contribution in [0.15, 0.2) is 29.2 Å².